The van der Waals surface area contributed by atoms with Crippen molar-refractivity contribution in [1.29, 1.82) is 0 Å². The first-order valence-electron chi connectivity index (χ1n) is 4.82. The number of benzene rings is 1. The Labute approximate surface area is 97.4 Å². The summed E-state index contributed by atoms with van der Waals surface area (Å²) in [7, 11) is 0. The largest absolute Gasteiger partial charge is 0.457 e. The smallest absolute Gasteiger partial charge is 0.169 e. The number of hydrogen-bond acceptors (Lipinski definition) is 2. The summed E-state index contributed by atoms with van der Waals surface area (Å²) in [6.45, 7) is 1.70. The van der Waals surface area contributed by atoms with Crippen LogP contribution in [0.1, 0.15) is 11.1 Å². The molecule has 1 aromatic heterocycles. The molecule has 2 nitrogen and oxygen atoms in total. The molecular formula is C12H12BrNO. The van der Waals surface area contributed by atoms with Gasteiger partial charge in [-0.1, -0.05) is 30.3 Å². The summed E-state index contributed by atoms with van der Waals surface area (Å²) in [5, 5.41) is 3.35. The molecule has 0 spiro atoms. The highest BCUT2D eigenvalue weighted by Crippen LogP contribution is 2.13. The minimum Gasteiger partial charge on any atom is -0.457 e. The van der Waals surface area contributed by atoms with Gasteiger partial charge in [0.2, 0.25) is 0 Å². The monoisotopic (exact) mass is 265 g/mol. The lowest BCUT2D eigenvalue weighted by Crippen LogP contribution is -2.11. The van der Waals surface area contributed by atoms with Crippen LogP contribution in [0.25, 0.3) is 0 Å². The molecule has 78 valence electrons. The average Bonchev–Trinajstić information content (AvgIpc) is 2.66. The molecule has 0 atom stereocenters. The second-order valence-corrected chi connectivity index (χ2v) is 4.13. The van der Waals surface area contributed by atoms with Gasteiger partial charge in [0.1, 0.15) is 0 Å². The van der Waals surface area contributed by atoms with Crippen molar-refractivity contribution in [3.63, 3.8) is 0 Å². The van der Waals surface area contributed by atoms with E-state index in [1.165, 1.54) is 5.56 Å². The van der Waals surface area contributed by atoms with Gasteiger partial charge >= 0.3 is 0 Å². The maximum absolute atomic E-state index is 5.14. The molecule has 1 N–H and O–H groups in total. The minimum absolute atomic E-state index is 0.777. The van der Waals surface area contributed by atoms with Gasteiger partial charge in [-0.25, -0.2) is 0 Å². The number of halogens is 1. The SMILES string of the molecule is Brc1cc(CNCc2ccccc2)co1. The number of rotatable bonds is 4. The zero-order valence-corrected chi connectivity index (χ0v) is 9.83. The Hall–Kier alpha value is -1.06. The van der Waals surface area contributed by atoms with Crippen molar-refractivity contribution in [2.75, 3.05) is 0 Å². The molecule has 0 radical (unpaired) electrons. The van der Waals surface area contributed by atoms with Crippen LogP contribution in [0.5, 0.6) is 0 Å². The molecule has 0 amide bonds. The Kier molecular flexibility index (Phi) is 3.59. The summed E-state index contributed by atoms with van der Waals surface area (Å²) in [4.78, 5) is 0. The lowest BCUT2D eigenvalue weighted by Gasteiger charge is -2.02. The van der Waals surface area contributed by atoms with Gasteiger partial charge in [-0.3, -0.25) is 0 Å². The third-order valence-corrected chi connectivity index (χ3v) is 2.54. The van der Waals surface area contributed by atoms with Gasteiger partial charge in [-0.2, -0.15) is 0 Å². The van der Waals surface area contributed by atoms with Crippen molar-refractivity contribution in [1.82, 2.24) is 5.32 Å². The second-order valence-electron chi connectivity index (χ2n) is 3.35. The fourth-order valence-corrected chi connectivity index (χ4v) is 1.77. The van der Waals surface area contributed by atoms with Crippen LogP contribution in [0.15, 0.2) is 51.7 Å². The van der Waals surface area contributed by atoms with Crippen LogP contribution in [0.3, 0.4) is 0 Å². The van der Waals surface area contributed by atoms with Crippen molar-refractivity contribution in [2.24, 2.45) is 0 Å². The van der Waals surface area contributed by atoms with Crippen LogP contribution in [-0.4, -0.2) is 0 Å². The van der Waals surface area contributed by atoms with Gasteiger partial charge in [0.25, 0.3) is 0 Å². The van der Waals surface area contributed by atoms with Gasteiger partial charge < -0.3 is 9.73 Å². The van der Waals surface area contributed by atoms with E-state index in [0.29, 0.717) is 0 Å². The third-order valence-electron chi connectivity index (χ3n) is 2.12. The van der Waals surface area contributed by atoms with E-state index >= 15 is 0 Å². The second kappa shape index (κ2) is 5.14. The third kappa shape index (κ3) is 3.22. The summed E-state index contributed by atoms with van der Waals surface area (Å²) in [5.74, 6) is 0. The maximum atomic E-state index is 5.14. The molecule has 1 heterocycles. The zero-order chi connectivity index (χ0) is 10.5. The van der Waals surface area contributed by atoms with Crippen molar-refractivity contribution in [3.8, 4) is 0 Å². The molecule has 0 aliphatic rings. The highest BCUT2D eigenvalue weighted by molar-refractivity contribution is 9.10. The molecule has 0 aliphatic heterocycles. The number of hydrogen-bond donors (Lipinski definition) is 1. The van der Waals surface area contributed by atoms with E-state index in [-0.39, 0.29) is 0 Å². The molecule has 3 heteroatoms. The van der Waals surface area contributed by atoms with Gasteiger partial charge in [0, 0.05) is 18.7 Å². The Morgan fingerprint density at radius 2 is 1.80 bits per heavy atom. The van der Waals surface area contributed by atoms with E-state index in [1.54, 1.807) is 6.26 Å². The van der Waals surface area contributed by atoms with Crippen LogP contribution >= 0.6 is 15.9 Å². The lowest BCUT2D eigenvalue weighted by atomic mass is 10.2. The fraction of sp³-hybridized carbons (Fsp3) is 0.167. The zero-order valence-electron chi connectivity index (χ0n) is 8.24. The first-order valence-corrected chi connectivity index (χ1v) is 5.61. The standard InChI is InChI=1S/C12H12BrNO/c13-12-6-11(9-15-12)8-14-7-10-4-2-1-3-5-10/h1-6,9,14H,7-8H2. The van der Waals surface area contributed by atoms with Crippen LogP contribution in [0.2, 0.25) is 0 Å². The molecule has 0 aliphatic carbocycles. The van der Waals surface area contributed by atoms with Crippen LogP contribution in [0, 0.1) is 0 Å². The van der Waals surface area contributed by atoms with Gasteiger partial charge in [0.15, 0.2) is 4.67 Å². The van der Waals surface area contributed by atoms with E-state index in [0.717, 1.165) is 23.3 Å². The molecule has 0 saturated carbocycles. The Morgan fingerprint density at radius 3 is 2.47 bits per heavy atom. The van der Waals surface area contributed by atoms with E-state index in [1.807, 2.05) is 24.3 Å². The van der Waals surface area contributed by atoms with Gasteiger partial charge in [-0.15, -0.1) is 0 Å². The molecule has 2 aromatic rings. The first-order chi connectivity index (χ1) is 7.34. The van der Waals surface area contributed by atoms with E-state index in [4.69, 9.17) is 4.42 Å². The lowest BCUT2D eigenvalue weighted by molar-refractivity contribution is 0.536. The predicted molar refractivity (Wildman–Crippen MR) is 63.4 cm³/mol. The average molecular weight is 266 g/mol. The molecule has 0 bridgehead atoms. The Morgan fingerprint density at radius 1 is 1.07 bits per heavy atom. The van der Waals surface area contributed by atoms with E-state index in [9.17, 15) is 0 Å². The number of nitrogens with one attached hydrogen (secondary N) is 1. The van der Waals surface area contributed by atoms with Crippen LogP contribution in [-0.2, 0) is 13.1 Å². The summed E-state index contributed by atoms with van der Waals surface area (Å²) in [6, 6.07) is 12.3. The van der Waals surface area contributed by atoms with Crippen molar-refractivity contribution in [3.05, 3.63) is 58.5 Å². The van der Waals surface area contributed by atoms with Gasteiger partial charge in [0.05, 0.1) is 6.26 Å². The Bertz CT molecular complexity index is 411. The molecule has 15 heavy (non-hydrogen) atoms. The minimum atomic E-state index is 0.777. The molecule has 2 rings (SSSR count). The van der Waals surface area contributed by atoms with Crippen LogP contribution in [0.4, 0.5) is 0 Å². The predicted octanol–water partition coefficient (Wildman–Crippen LogP) is 3.33. The topological polar surface area (TPSA) is 25.2 Å². The summed E-state index contributed by atoms with van der Waals surface area (Å²) in [6.07, 6.45) is 1.75. The highest BCUT2D eigenvalue weighted by atomic mass is 79.9. The van der Waals surface area contributed by atoms with Gasteiger partial charge in [-0.05, 0) is 27.6 Å². The summed E-state index contributed by atoms with van der Waals surface area (Å²) in [5.41, 5.74) is 2.44. The highest BCUT2D eigenvalue weighted by Gasteiger charge is 1.97. The molecule has 0 saturated heterocycles. The first kappa shape index (κ1) is 10.5. The summed E-state index contributed by atoms with van der Waals surface area (Å²) >= 11 is 3.27. The van der Waals surface area contributed by atoms with Crippen LogP contribution < -0.4 is 5.32 Å². The fourth-order valence-electron chi connectivity index (χ4n) is 1.39. The summed E-state index contributed by atoms with van der Waals surface area (Å²) < 4.78 is 5.92. The molecule has 0 fully saturated rings. The number of furan rings is 1. The van der Waals surface area contributed by atoms with Crippen molar-refractivity contribution >= 4 is 15.9 Å². The molecular weight excluding hydrogens is 254 g/mol. The van der Waals surface area contributed by atoms with Crippen molar-refractivity contribution < 1.29 is 4.42 Å². The van der Waals surface area contributed by atoms with E-state index < -0.39 is 0 Å². The normalized spacial score (nSPS) is 10.5. The molecule has 0 unspecified atom stereocenters. The Balaban J connectivity index is 1.80. The van der Waals surface area contributed by atoms with E-state index in [2.05, 4.69) is 33.4 Å². The van der Waals surface area contributed by atoms with Crippen molar-refractivity contribution in [2.45, 2.75) is 13.1 Å². The molecule has 1 aromatic carbocycles. The quantitative estimate of drug-likeness (QED) is 0.918. The maximum Gasteiger partial charge on any atom is 0.169 e.